The first-order valence-corrected chi connectivity index (χ1v) is 9.68. The highest BCUT2D eigenvalue weighted by Gasteiger charge is 2.21. The predicted molar refractivity (Wildman–Crippen MR) is 95.5 cm³/mol. The molecule has 23 heavy (non-hydrogen) atoms. The predicted octanol–water partition coefficient (Wildman–Crippen LogP) is 5.17. The summed E-state index contributed by atoms with van der Waals surface area (Å²) in [7, 11) is 0. The molecule has 4 rings (SSSR count). The van der Waals surface area contributed by atoms with E-state index in [0.29, 0.717) is 5.69 Å². The quantitative estimate of drug-likeness (QED) is 0.525. The molecule has 0 spiro atoms. The third-order valence-corrected chi connectivity index (χ3v) is 5.84. The summed E-state index contributed by atoms with van der Waals surface area (Å²) < 4.78 is 14.0. The lowest BCUT2D eigenvalue weighted by molar-refractivity contribution is 0.632. The molecule has 0 amide bonds. The third kappa shape index (κ3) is 2.70. The van der Waals surface area contributed by atoms with E-state index >= 15 is 0 Å². The number of halogens is 1. The van der Waals surface area contributed by atoms with E-state index in [0.717, 1.165) is 34.0 Å². The third-order valence-electron chi connectivity index (χ3n) is 4.10. The number of rotatable bonds is 3. The van der Waals surface area contributed by atoms with Gasteiger partial charge in [0.05, 0.1) is 11.1 Å². The van der Waals surface area contributed by atoms with Crippen LogP contribution in [0.15, 0.2) is 29.4 Å². The van der Waals surface area contributed by atoms with Gasteiger partial charge in [0.25, 0.3) is 0 Å². The summed E-state index contributed by atoms with van der Waals surface area (Å²) in [5.41, 5.74) is 1.80. The molecule has 0 unspecified atom stereocenters. The van der Waals surface area contributed by atoms with E-state index in [1.807, 2.05) is 12.3 Å². The molecule has 0 saturated carbocycles. The van der Waals surface area contributed by atoms with Crippen molar-refractivity contribution in [1.29, 1.82) is 0 Å². The summed E-state index contributed by atoms with van der Waals surface area (Å²) in [5, 5.41) is 4.99. The lowest BCUT2D eigenvalue weighted by atomic mass is 9.97. The Morgan fingerprint density at radius 2 is 2.00 bits per heavy atom. The van der Waals surface area contributed by atoms with E-state index in [9.17, 15) is 4.39 Å². The first kappa shape index (κ1) is 14.9. The molecule has 0 radical (unpaired) electrons. The second kappa shape index (κ2) is 6.09. The zero-order chi connectivity index (χ0) is 15.8. The average molecular weight is 345 g/mol. The number of aryl methyl sites for hydroxylation is 2. The number of fused-ring (bicyclic) bond motifs is 3. The van der Waals surface area contributed by atoms with Crippen LogP contribution < -0.4 is 5.32 Å². The van der Waals surface area contributed by atoms with E-state index < -0.39 is 0 Å². The van der Waals surface area contributed by atoms with E-state index in [1.165, 1.54) is 41.1 Å². The number of thiophene rings is 1. The first-order valence-electron chi connectivity index (χ1n) is 7.64. The molecule has 0 fully saturated rings. The Bertz CT molecular complexity index is 876. The van der Waals surface area contributed by atoms with Crippen molar-refractivity contribution in [3.05, 3.63) is 40.5 Å². The van der Waals surface area contributed by atoms with Crippen molar-refractivity contribution in [2.24, 2.45) is 0 Å². The molecule has 1 N–H and O–H groups in total. The van der Waals surface area contributed by atoms with E-state index in [1.54, 1.807) is 23.5 Å². The van der Waals surface area contributed by atoms with Crippen molar-refractivity contribution in [3.8, 4) is 0 Å². The van der Waals surface area contributed by atoms with E-state index in [4.69, 9.17) is 0 Å². The summed E-state index contributed by atoms with van der Waals surface area (Å²) in [6.45, 7) is 0. The summed E-state index contributed by atoms with van der Waals surface area (Å²) in [5.74, 6) is 0.456. The Morgan fingerprint density at radius 3 is 2.83 bits per heavy atom. The molecular formula is C17H16FN3S2. The van der Waals surface area contributed by atoms with Crippen LogP contribution >= 0.6 is 23.1 Å². The van der Waals surface area contributed by atoms with Crippen LogP contribution in [0.3, 0.4) is 0 Å². The fraction of sp³-hybridized carbons (Fsp3) is 0.294. The van der Waals surface area contributed by atoms with Crippen LogP contribution in [0.25, 0.3) is 10.2 Å². The summed E-state index contributed by atoms with van der Waals surface area (Å²) >= 11 is 3.27. The van der Waals surface area contributed by atoms with Crippen molar-refractivity contribution < 1.29 is 4.39 Å². The van der Waals surface area contributed by atoms with Crippen LogP contribution in [0.5, 0.6) is 0 Å². The molecule has 1 aromatic carbocycles. The monoisotopic (exact) mass is 345 g/mol. The Kier molecular flexibility index (Phi) is 3.95. The maximum Gasteiger partial charge on any atom is 0.190 e. The Labute approximate surface area is 142 Å². The van der Waals surface area contributed by atoms with Gasteiger partial charge in [0.15, 0.2) is 5.16 Å². The fourth-order valence-corrected chi connectivity index (χ4v) is 4.69. The van der Waals surface area contributed by atoms with Crippen molar-refractivity contribution in [3.63, 3.8) is 0 Å². The molecule has 3 nitrogen and oxygen atoms in total. The highest BCUT2D eigenvalue weighted by molar-refractivity contribution is 7.98. The molecule has 2 aromatic heterocycles. The number of para-hydroxylation sites is 1. The highest BCUT2D eigenvalue weighted by atomic mass is 32.2. The zero-order valence-corrected chi connectivity index (χ0v) is 14.4. The molecule has 1 aliphatic rings. The molecular weight excluding hydrogens is 329 g/mol. The standard InChI is InChI=1S/C17H16FN3S2/c1-22-17-20-15(19-12-8-4-3-7-11(12)18)14-10-6-2-5-9-13(10)23-16(14)21-17/h3-4,7-8H,2,5-6,9H2,1H3,(H,19,20,21). The first-order chi connectivity index (χ1) is 11.3. The van der Waals surface area contributed by atoms with Crippen molar-refractivity contribution >= 4 is 44.8 Å². The van der Waals surface area contributed by atoms with Crippen LogP contribution in [-0.2, 0) is 12.8 Å². The van der Waals surface area contributed by atoms with Gasteiger partial charge in [-0.2, -0.15) is 0 Å². The number of aromatic nitrogens is 2. The second-order valence-electron chi connectivity index (χ2n) is 5.55. The number of nitrogens with one attached hydrogen (secondary N) is 1. The molecule has 0 atom stereocenters. The second-order valence-corrected chi connectivity index (χ2v) is 7.41. The van der Waals surface area contributed by atoms with Crippen LogP contribution in [0, 0.1) is 5.82 Å². The van der Waals surface area contributed by atoms with Crippen molar-refractivity contribution in [2.75, 3.05) is 11.6 Å². The van der Waals surface area contributed by atoms with Crippen molar-refractivity contribution in [2.45, 2.75) is 30.8 Å². The number of nitrogens with zero attached hydrogens (tertiary/aromatic N) is 2. The van der Waals surface area contributed by atoms with Gasteiger partial charge < -0.3 is 5.32 Å². The van der Waals surface area contributed by atoms with Crippen molar-refractivity contribution in [1.82, 2.24) is 9.97 Å². The van der Waals surface area contributed by atoms with Gasteiger partial charge in [-0.25, -0.2) is 14.4 Å². The van der Waals surface area contributed by atoms with Gasteiger partial charge in [-0.3, -0.25) is 0 Å². The Balaban J connectivity index is 1.89. The van der Waals surface area contributed by atoms with Gasteiger partial charge >= 0.3 is 0 Å². The van der Waals surface area contributed by atoms with E-state index in [-0.39, 0.29) is 5.82 Å². The number of anilines is 2. The van der Waals surface area contributed by atoms with Crippen LogP contribution in [0.2, 0.25) is 0 Å². The lowest BCUT2D eigenvalue weighted by Gasteiger charge is -2.13. The fourth-order valence-electron chi connectivity index (χ4n) is 3.01. The number of hydrogen-bond acceptors (Lipinski definition) is 5. The highest BCUT2D eigenvalue weighted by Crippen LogP contribution is 2.40. The largest absolute Gasteiger partial charge is 0.337 e. The van der Waals surface area contributed by atoms with Gasteiger partial charge in [-0.05, 0) is 49.6 Å². The molecule has 1 aliphatic carbocycles. The summed E-state index contributed by atoms with van der Waals surface area (Å²) in [4.78, 5) is 11.7. The minimum atomic E-state index is -0.269. The topological polar surface area (TPSA) is 37.8 Å². The molecule has 0 saturated heterocycles. The lowest BCUT2D eigenvalue weighted by Crippen LogP contribution is -2.02. The zero-order valence-electron chi connectivity index (χ0n) is 12.7. The minimum absolute atomic E-state index is 0.269. The molecule has 0 bridgehead atoms. The van der Waals surface area contributed by atoms with Crippen LogP contribution in [0.1, 0.15) is 23.3 Å². The van der Waals surface area contributed by atoms with Gasteiger partial charge in [-0.15, -0.1) is 11.3 Å². The maximum absolute atomic E-state index is 14.0. The Morgan fingerprint density at radius 1 is 1.17 bits per heavy atom. The average Bonchev–Trinajstić information content (AvgIpc) is 2.95. The molecule has 2 heterocycles. The normalized spacial score (nSPS) is 14.0. The summed E-state index contributed by atoms with van der Waals surface area (Å²) in [6.07, 6.45) is 6.57. The van der Waals surface area contributed by atoms with Gasteiger partial charge in [0.2, 0.25) is 0 Å². The van der Waals surface area contributed by atoms with E-state index in [2.05, 4.69) is 15.3 Å². The molecule has 118 valence electrons. The number of hydrogen-bond donors (Lipinski definition) is 1. The molecule has 0 aliphatic heterocycles. The minimum Gasteiger partial charge on any atom is -0.337 e. The van der Waals surface area contributed by atoms with Gasteiger partial charge in [0.1, 0.15) is 16.5 Å². The van der Waals surface area contributed by atoms with Crippen LogP contribution in [-0.4, -0.2) is 16.2 Å². The molecule has 3 aromatic rings. The smallest absolute Gasteiger partial charge is 0.190 e. The maximum atomic E-state index is 14.0. The Hall–Kier alpha value is -1.66. The summed E-state index contributed by atoms with van der Waals surface area (Å²) in [6, 6.07) is 6.71. The molecule has 6 heteroatoms. The SMILES string of the molecule is CSc1nc(Nc2ccccc2F)c2c3c(sc2n1)CCCC3. The van der Waals surface area contributed by atoms with Crippen LogP contribution in [0.4, 0.5) is 15.9 Å². The van der Waals surface area contributed by atoms with Gasteiger partial charge in [0, 0.05) is 4.88 Å². The number of benzene rings is 1. The van der Waals surface area contributed by atoms with Gasteiger partial charge in [-0.1, -0.05) is 23.9 Å². The number of thioether (sulfide) groups is 1.